The molecule has 0 saturated carbocycles. The van der Waals surface area contributed by atoms with Crippen molar-refractivity contribution in [3.05, 3.63) is 88.1 Å². The monoisotopic (exact) mass is 595 g/mol. The van der Waals surface area contributed by atoms with Crippen LogP contribution in [0.4, 0.5) is 23.2 Å². The first-order chi connectivity index (χ1) is 19.7. The number of nitrogens with one attached hydrogen (secondary N) is 1. The highest BCUT2D eigenvalue weighted by molar-refractivity contribution is 6.32. The third-order valence-electron chi connectivity index (χ3n) is 5.69. The van der Waals surface area contributed by atoms with Crippen molar-refractivity contribution in [2.75, 3.05) is 18.5 Å². The van der Waals surface area contributed by atoms with E-state index < -0.39 is 41.7 Å². The van der Waals surface area contributed by atoms with Gasteiger partial charge in [-0.2, -0.15) is 5.10 Å². The zero-order valence-electron chi connectivity index (χ0n) is 22.0. The van der Waals surface area contributed by atoms with E-state index in [1.54, 1.807) is 24.3 Å². The molecule has 218 valence electrons. The number of hydrogen-bond donors (Lipinski definition) is 1. The Balaban J connectivity index is 1.36. The molecule has 0 aliphatic heterocycles. The van der Waals surface area contributed by atoms with Crippen LogP contribution in [0.5, 0.6) is 17.2 Å². The van der Waals surface area contributed by atoms with E-state index in [1.165, 1.54) is 12.1 Å². The number of aromatic nitrogens is 2. The summed E-state index contributed by atoms with van der Waals surface area (Å²) in [4.78, 5) is 12.6. The molecule has 2 heterocycles. The molecule has 13 heteroatoms. The largest absolute Gasteiger partial charge is 0.490 e. The van der Waals surface area contributed by atoms with Crippen LogP contribution in [0.25, 0.3) is 0 Å². The highest BCUT2D eigenvalue weighted by atomic mass is 35.5. The molecule has 0 bridgehead atoms. The second-order valence-electron chi connectivity index (χ2n) is 8.52. The Bertz CT molecular complexity index is 1470. The minimum absolute atomic E-state index is 0.0440. The van der Waals surface area contributed by atoms with E-state index in [0.29, 0.717) is 40.8 Å². The van der Waals surface area contributed by atoms with Crippen LogP contribution in [-0.2, 0) is 13.2 Å². The molecule has 0 aliphatic rings. The summed E-state index contributed by atoms with van der Waals surface area (Å²) >= 11 is 5.67. The quantitative estimate of drug-likeness (QED) is 0.160. The third-order valence-corrected chi connectivity index (χ3v) is 6.07. The number of hydrogen-bond acceptors (Lipinski definition) is 6. The third kappa shape index (κ3) is 7.31. The summed E-state index contributed by atoms with van der Waals surface area (Å²) in [7, 11) is 0. The molecule has 0 radical (unpaired) electrons. The van der Waals surface area contributed by atoms with Gasteiger partial charge >= 0.3 is 0 Å². The zero-order valence-corrected chi connectivity index (χ0v) is 22.8. The van der Waals surface area contributed by atoms with Crippen molar-refractivity contribution < 1.29 is 41.0 Å². The molecule has 0 spiro atoms. The molecule has 4 aromatic rings. The van der Waals surface area contributed by atoms with Crippen molar-refractivity contribution in [1.29, 1.82) is 0 Å². The molecule has 8 nitrogen and oxygen atoms in total. The van der Waals surface area contributed by atoms with Gasteiger partial charge in [0, 0.05) is 5.69 Å². The van der Waals surface area contributed by atoms with Crippen LogP contribution in [0.2, 0.25) is 5.02 Å². The van der Waals surface area contributed by atoms with E-state index in [2.05, 4.69) is 10.4 Å². The van der Waals surface area contributed by atoms with Crippen molar-refractivity contribution in [2.45, 2.75) is 39.9 Å². The van der Waals surface area contributed by atoms with Crippen LogP contribution < -0.4 is 19.5 Å². The fraction of sp³-hybridized carbons (Fsp3) is 0.286. The van der Waals surface area contributed by atoms with Crippen LogP contribution >= 0.6 is 11.6 Å². The van der Waals surface area contributed by atoms with Gasteiger partial charge in [0.05, 0.1) is 24.8 Å². The number of anilines is 1. The summed E-state index contributed by atoms with van der Waals surface area (Å²) in [5, 5.41) is 5.33. The number of nitrogens with zero attached hydrogens (tertiary/aromatic N) is 2. The first-order valence-corrected chi connectivity index (χ1v) is 12.9. The Hall–Kier alpha value is -4.19. The Labute approximate surface area is 237 Å². The van der Waals surface area contributed by atoms with Crippen molar-refractivity contribution in [1.82, 2.24) is 9.78 Å². The van der Waals surface area contributed by atoms with E-state index in [0.717, 1.165) is 5.56 Å². The second-order valence-corrected chi connectivity index (χ2v) is 8.90. The molecular formula is C28H26ClF4N3O5. The fourth-order valence-corrected chi connectivity index (χ4v) is 4.15. The molecule has 4 rings (SSSR count). The van der Waals surface area contributed by atoms with E-state index in [1.807, 2.05) is 32.0 Å². The predicted molar refractivity (Wildman–Crippen MR) is 142 cm³/mol. The maximum Gasteiger partial charge on any atom is 0.291 e. The van der Waals surface area contributed by atoms with Crippen LogP contribution in [-0.4, -0.2) is 28.9 Å². The molecule has 41 heavy (non-hydrogen) atoms. The summed E-state index contributed by atoms with van der Waals surface area (Å²) in [6.07, 6.45) is -6.27. The lowest BCUT2D eigenvalue weighted by Gasteiger charge is -2.13. The molecule has 0 fully saturated rings. The lowest BCUT2D eigenvalue weighted by atomic mass is 10.2. The zero-order chi connectivity index (χ0) is 29.5. The summed E-state index contributed by atoms with van der Waals surface area (Å²) in [5.41, 5.74) is -0.482. The number of amides is 1. The molecular weight excluding hydrogens is 570 g/mol. The van der Waals surface area contributed by atoms with Gasteiger partial charge in [0.1, 0.15) is 29.5 Å². The summed E-state index contributed by atoms with van der Waals surface area (Å²) in [6.45, 7) is 4.66. The van der Waals surface area contributed by atoms with Gasteiger partial charge < -0.3 is 23.9 Å². The highest BCUT2D eigenvalue weighted by Gasteiger charge is 2.28. The number of halogens is 5. The van der Waals surface area contributed by atoms with Gasteiger partial charge in [-0.1, -0.05) is 17.7 Å². The lowest BCUT2D eigenvalue weighted by Crippen LogP contribution is -2.11. The SMILES string of the molecule is CCOc1ccc(COc2ccc(NC(=O)c3ccc(Cn4nc(C(F)F)c(Cl)c4C(F)F)o3)cc2)cc1OCC. The van der Waals surface area contributed by atoms with Crippen LogP contribution in [0.3, 0.4) is 0 Å². The van der Waals surface area contributed by atoms with Crippen LogP contribution in [0, 0.1) is 0 Å². The molecule has 1 amide bonds. The molecule has 0 aliphatic carbocycles. The van der Waals surface area contributed by atoms with Gasteiger partial charge in [-0.05, 0) is 67.9 Å². The Morgan fingerprint density at radius 1 is 0.951 bits per heavy atom. The van der Waals surface area contributed by atoms with Gasteiger partial charge in [0.25, 0.3) is 18.8 Å². The number of alkyl halides is 4. The Morgan fingerprint density at radius 2 is 1.66 bits per heavy atom. The molecule has 2 aromatic carbocycles. The first kappa shape index (κ1) is 29.8. The molecule has 0 saturated heterocycles. The smallest absolute Gasteiger partial charge is 0.291 e. The summed E-state index contributed by atoms with van der Waals surface area (Å²) in [5.74, 6) is 1.17. The minimum Gasteiger partial charge on any atom is -0.490 e. The average Bonchev–Trinajstić information content (AvgIpc) is 3.54. The normalized spacial score (nSPS) is 11.2. The van der Waals surface area contributed by atoms with Crippen molar-refractivity contribution in [2.24, 2.45) is 0 Å². The number of benzene rings is 2. The van der Waals surface area contributed by atoms with Crippen LogP contribution in [0.1, 0.15) is 60.0 Å². The van der Waals surface area contributed by atoms with E-state index in [9.17, 15) is 22.4 Å². The standard InChI is InChI=1S/C28H26ClF4N3O5/c1-3-38-20-11-5-16(13-22(20)39-4-2)15-40-18-8-6-17(7-9-18)34-28(37)21-12-10-19(41-21)14-36-25(27(32)33)23(29)24(35-36)26(30)31/h5-13,26-27H,3-4,14-15H2,1-2H3,(H,34,37). The van der Waals surface area contributed by atoms with E-state index >= 15 is 0 Å². The van der Waals surface area contributed by atoms with Gasteiger partial charge in [-0.3, -0.25) is 9.48 Å². The predicted octanol–water partition coefficient (Wildman–Crippen LogP) is 7.68. The minimum atomic E-state index is -3.14. The van der Waals surface area contributed by atoms with Gasteiger partial charge in [0.2, 0.25) is 0 Å². The van der Waals surface area contributed by atoms with Crippen molar-refractivity contribution in [3.8, 4) is 17.2 Å². The topological polar surface area (TPSA) is 87.8 Å². The van der Waals surface area contributed by atoms with Gasteiger partial charge in [0.15, 0.2) is 17.3 Å². The Kier molecular flexibility index (Phi) is 9.77. The number of carbonyl (C=O) groups is 1. The van der Waals surface area contributed by atoms with Gasteiger partial charge in [-0.15, -0.1) is 0 Å². The number of rotatable bonds is 13. The number of furan rings is 1. The number of carbonyl (C=O) groups excluding carboxylic acids is 1. The van der Waals surface area contributed by atoms with E-state index in [-0.39, 0.29) is 18.1 Å². The Morgan fingerprint density at radius 3 is 2.32 bits per heavy atom. The summed E-state index contributed by atoms with van der Waals surface area (Å²) in [6, 6.07) is 14.9. The molecule has 2 aromatic heterocycles. The van der Waals surface area contributed by atoms with E-state index in [4.69, 9.17) is 30.2 Å². The highest BCUT2D eigenvalue weighted by Crippen LogP contribution is 2.35. The molecule has 0 unspecified atom stereocenters. The van der Waals surface area contributed by atoms with Crippen LogP contribution in [0.15, 0.2) is 59.0 Å². The summed E-state index contributed by atoms with van der Waals surface area (Å²) < 4.78 is 76.0. The average molecular weight is 596 g/mol. The molecule has 1 N–H and O–H groups in total. The lowest BCUT2D eigenvalue weighted by molar-refractivity contribution is 0.0994. The molecule has 0 atom stereocenters. The van der Waals surface area contributed by atoms with Crippen molar-refractivity contribution >= 4 is 23.2 Å². The maximum absolute atomic E-state index is 13.4. The second kappa shape index (κ2) is 13.4. The number of ether oxygens (including phenoxy) is 3. The van der Waals surface area contributed by atoms with Gasteiger partial charge in [-0.25, -0.2) is 17.6 Å². The fourth-order valence-electron chi connectivity index (χ4n) is 3.85. The maximum atomic E-state index is 13.4. The van der Waals surface area contributed by atoms with Crippen molar-refractivity contribution in [3.63, 3.8) is 0 Å². The first-order valence-electron chi connectivity index (χ1n) is 12.5.